The van der Waals surface area contributed by atoms with Crippen LogP contribution >= 0.6 is 0 Å². The van der Waals surface area contributed by atoms with Crippen LogP contribution in [0.3, 0.4) is 0 Å². The van der Waals surface area contributed by atoms with Crippen LogP contribution in [0.15, 0.2) is 0 Å². The fourth-order valence-electron chi connectivity index (χ4n) is 1.61. The van der Waals surface area contributed by atoms with Gasteiger partial charge in [0.25, 0.3) is 0 Å². The van der Waals surface area contributed by atoms with Gasteiger partial charge in [0.15, 0.2) is 0 Å². The second-order valence-electron chi connectivity index (χ2n) is 4.00. The summed E-state index contributed by atoms with van der Waals surface area (Å²) in [6.45, 7) is 6.90. The van der Waals surface area contributed by atoms with E-state index >= 15 is 0 Å². The summed E-state index contributed by atoms with van der Waals surface area (Å²) in [6, 6.07) is 0.368. The Morgan fingerprint density at radius 1 is 1.47 bits per heavy atom. The van der Waals surface area contributed by atoms with E-state index in [0.717, 1.165) is 19.6 Å². The first-order valence-corrected chi connectivity index (χ1v) is 5.77. The van der Waals surface area contributed by atoms with Crippen LogP contribution in [-0.4, -0.2) is 49.7 Å². The quantitative estimate of drug-likeness (QED) is 0.631. The summed E-state index contributed by atoms with van der Waals surface area (Å²) in [5.41, 5.74) is 0. The Morgan fingerprint density at radius 2 is 2.07 bits per heavy atom. The van der Waals surface area contributed by atoms with Gasteiger partial charge in [0.05, 0.1) is 7.11 Å². The van der Waals surface area contributed by atoms with E-state index in [-0.39, 0.29) is 12.0 Å². The second-order valence-corrected chi connectivity index (χ2v) is 4.00. The van der Waals surface area contributed by atoms with Crippen molar-refractivity contribution in [2.75, 3.05) is 26.7 Å². The van der Waals surface area contributed by atoms with E-state index in [1.165, 1.54) is 20.0 Å². The van der Waals surface area contributed by atoms with Crippen molar-refractivity contribution < 1.29 is 9.53 Å². The first-order valence-electron chi connectivity index (χ1n) is 5.77. The van der Waals surface area contributed by atoms with E-state index in [4.69, 9.17) is 4.74 Å². The van der Waals surface area contributed by atoms with Crippen molar-refractivity contribution in [1.82, 2.24) is 10.2 Å². The summed E-state index contributed by atoms with van der Waals surface area (Å²) in [4.78, 5) is 13.8. The van der Waals surface area contributed by atoms with Gasteiger partial charge in [-0.15, -0.1) is 0 Å². The van der Waals surface area contributed by atoms with Crippen LogP contribution in [0.4, 0.5) is 0 Å². The maximum atomic E-state index is 11.5. The lowest BCUT2D eigenvalue weighted by molar-refractivity contribution is -0.143. The van der Waals surface area contributed by atoms with Crippen molar-refractivity contribution in [2.24, 2.45) is 0 Å². The molecule has 4 nitrogen and oxygen atoms in total. The predicted octanol–water partition coefficient (Wildman–Crippen LogP) is 0.622. The maximum Gasteiger partial charge on any atom is 0.324 e. The molecule has 0 bridgehead atoms. The number of likely N-dealkylation sites (N-methyl/N-ethyl adjacent to an activating group) is 1. The van der Waals surface area contributed by atoms with Crippen molar-refractivity contribution in [3.63, 3.8) is 0 Å². The van der Waals surface area contributed by atoms with Crippen LogP contribution in [0.2, 0.25) is 0 Å². The molecule has 15 heavy (non-hydrogen) atoms. The van der Waals surface area contributed by atoms with E-state index in [9.17, 15) is 4.79 Å². The number of methoxy groups -OCH3 is 1. The minimum absolute atomic E-state index is 0.145. The number of carbonyl (C=O) groups excluding carboxylic acids is 1. The van der Waals surface area contributed by atoms with Gasteiger partial charge in [-0.3, -0.25) is 4.79 Å². The molecule has 1 unspecified atom stereocenters. The maximum absolute atomic E-state index is 11.5. The van der Waals surface area contributed by atoms with Crippen LogP contribution in [0, 0.1) is 0 Å². The van der Waals surface area contributed by atoms with Gasteiger partial charge in [0.1, 0.15) is 6.04 Å². The SMILES string of the molecule is CCN(CC)CC(NC1CC1)C(=O)OC. The Labute approximate surface area is 92.0 Å². The zero-order chi connectivity index (χ0) is 11.3. The highest BCUT2D eigenvalue weighted by Gasteiger charge is 2.29. The number of hydrogen-bond donors (Lipinski definition) is 1. The molecule has 0 saturated heterocycles. The normalized spacial score (nSPS) is 17.9. The van der Waals surface area contributed by atoms with E-state index in [1.807, 2.05) is 0 Å². The highest BCUT2D eigenvalue weighted by molar-refractivity contribution is 5.76. The number of ether oxygens (including phenoxy) is 1. The average Bonchev–Trinajstić information content (AvgIpc) is 3.06. The standard InChI is InChI=1S/C11H22N2O2/c1-4-13(5-2)8-10(11(14)15-3)12-9-6-7-9/h9-10,12H,4-8H2,1-3H3. The molecule has 0 aromatic carbocycles. The van der Waals surface area contributed by atoms with Crippen LogP contribution in [0.5, 0.6) is 0 Å². The second kappa shape index (κ2) is 6.08. The van der Waals surface area contributed by atoms with Crippen LogP contribution in [-0.2, 0) is 9.53 Å². The predicted molar refractivity (Wildman–Crippen MR) is 59.7 cm³/mol. The molecule has 0 spiro atoms. The lowest BCUT2D eigenvalue weighted by atomic mass is 10.2. The molecular formula is C11H22N2O2. The summed E-state index contributed by atoms with van der Waals surface area (Å²) < 4.78 is 4.80. The Balaban J connectivity index is 2.42. The highest BCUT2D eigenvalue weighted by Crippen LogP contribution is 2.19. The van der Waals surface area contributed by atoms with E-state index in [0.29, 0.717) is 6.04 Å². The van der Waals surface area contributed by atoms with Crippen molar-refractivity contribution in [1.29, 1.82) is 0 Å². The molecule has 1 saturated carbocycles. The first-order chi connectivity index (χ1) is 7.21. The topological polar surface area (TPSA) is 41.6 Å². The zero-order valence-electron chi connectivity index (χ0n) is 9.95. The fraction of sp³-hybridized carbons (Fsp3) is 0.909. The molecule has 1 fully saturated rings. The Morgan fingerprint density at radius 3 is 2.47 bits per heavy atom. The van der Waals surface area contributed by atoms with Crippen LogP contribution in [0.1, 0.15) is 26.7 Å². The van der Waals surface area contributed by atoms with Crippen LogP contribution < -0.4 is 5.32 Å². The molecule has 4 heteroatoms. The smallest absolute Gasteiger partial charge is 0.324 e. The highest BCUT2D eigenvalue weighted by atomic mass is 16.5. The number of esters is 1. The van der Waals surface area contributed by atoms with Crippen LogP contribution in [0.25, 0.3) is 0 Å². The molecule has 0 amide bonds. The lowest BCUT2D eigenvalue weighted by Gasteiger charge is -2.24. The molecule has 1 atom stereocenters. The Kier molecular flexibility index (Phi) is 5.05. The average molecular weight is 214 g/mol. The van der Waals surface area contributed by atoms with Crippen molar-refractivity contribution in [3.05, 3.63) is 0 Å². The summed E-state index contributed by atoms with van der Waals surface area (Å²) >= 11 is 0. The number of carbonyl (C=O) groups is 1. The Bertz CT molecular complexity index is 201. The molecule has 88 valence electrons. The van der Waals surface area contributed by atoms with E-state index in [1.54, 1.807) is 0 Å². The molecular weight excluding hydrogens is 192 g/mol. The third-order valence-electron chi connectivity index (χ3n) is 2.84. The Hall–Kier alpha value is -0.610. The molecule has 1 N–H and O–H groups in total. The summed E-state index contributed by atoms with van der Waals surface area (Å²) in [5.74, 6) is -0.145. The van der Waals surface area contributed by atoms with Gasteiger partial charge in [-0.25, -0.2) is 0 Å². The molecule has 0 aliphatic heterocycles. The van der Waals surface area contributed by atoms with Crippen molar-refractivity contribution in [2.45, 2.75) is 38.8 Å². The lowest BCUT2D eigenvalue weighted by Crippen LogP contribution is -2.47. The molecule has 0 aromatic heterocycles. The van der Waals surface area contributed by atoms with Crippen molar-refractivity contribution in [3.8, 4) is 0 Å². The number of rotatable bonds is 7. The molecule has 1 aliphatic rings. The minimum atomic E-state index is -0.164. The monoisotopic (exact) mass is 214 g/mol. The van der Waals surface area contributed by atoms with Gasteiger partial charge in [-0.1, -0.05) is 13.8 Å². The molecule has 0 radical (unpaired) electrons. The van der Waals surface area contributed by atoms with Gasteiger partial charge < -0.3 is 15.0 Å². The summed E-state index contributed by atoms with van der Waals surface area (Å²) in [5, 5.41) is 3.32. The zero-order valence-corrected chi connectivity index (χ0v) is 9.95. The third kappa shape index (κ3) is 4.18. The number of nitrogens with zero attached hydrogens (tertiary/aromatic N) is 1. The van der Waals surface area contributed by atoms with Gasteiger partial charge in [-0.05, 0) is 25.9 Å². The minimum Gasteiger partial charge on any atom is -0.468 e. The van der Waals surface area contributed by atoms with E-state index in [2.05, 4.69) is 24.1 Å². The van der Waals surface area contributed by atoms with E-state index < -0.39 is 0 Å². The third-order valence-corrected chi connectivity index (χ3v) is 2.84. The largest absolute Gasteiger partial charge is 0.468 e. The summed E-state index contributed by atoms with van der Waals surface area (Å²) in [6.07, 6.45) is 2.37. The number of hydrogen-bond acceptors (Lipinski definition) is 4. The molecule has 0 aromatic rings. The van der Waals surface area contributed by atoms with Gasteiger partial charge in [0, 0.05) is 12.6 Å². The molecule has 1 aliphatic carbocycles. The van der Waals surface area contributed by atoms with Gasteiger partial charge in [-0.2, -0.15) is 0 Å². The van der Waals surface area contributed by atoms with Crippen molar-refractivity contribution >= 4 is 5.97 Å². The van der Waals surface area contributed by atoms with Gasteiger partial charge in [0.2, 0.25) is 0 Å². The first kappa shape index (κ1) is 12.5. The number of nitrogens with one attached hydrogen (secondary N) is 1. The summed E-state index contributed by atoms with van der Waals surface area (Å²) in [7, 11) is 1.45. The fourth-order valence-corrected chi connectivity index (χ4v) is 1.61. The van der Waals surface area contributed by atoms with Gasteiger partial charge >= 0.3 is 5.97 Å². The molecule has 1 rings (SSSR count). The molecule has 0 heterocycles.